The molecule has 3 saturated heterocycles. The topological polar surface area (TPSA) is 142 Å². The average molecular weight is 889 g/mol. The van der Waals surface area contributed by atoms with Crippen LogP contribution < -0.4 is 0 Å². The van der Waals surface area contributed by atoms with Gasteiger partial charge in [-0.2, -0.15) is 0 Å². The lowest BCUT2D eigenvalue weighted by Gasteiger charge is -2.44. The third kappa shape index (κ3) is 9.58. The van der Waals surface area contributed by atoms with Crippen LogP contribution in [0.15, 0.2) is 48.2 Å². The highest BCUT2D eigenvalue weighted by molar-refractivity contribution is 5.99. The zero-order valence-electron chi connectivity index (χ0n) is 39.6. The number of hydrogen-bond acceptors (Lipinski definition) is 13. The second-order valence-electron chi connectivity index (χ2n) is 19.6. The van der Waals surface area contributed by atoms with Crippen molar-refractivity contribution in [1.82, 2.24) is 19.9 Å². The van der Waals surface area contributed by atoms with Crippen LogP contribution in [0.3, 0.4) is 0 Å². The number of methoxy groups -OCH3 is 3. The van der Waals surface area contributed by atoms with Crippen molar-refractivity contribution in [3.63, 3.8) is 0 Å². The minimum atomic E-state index is -0.688. The van der Waals surface area contributed by atoms with Gasteiger partial charge < -0.3 is 42.8 Å². The normalized spacial score (nSPS) is 39.5. The molecule has 4 heterocycles. The van der Waals surface area contributed by atoms with Crippen LogP contribution in [0.1, 0.15) is 91.0 Å². The SMILES string of the molecule is CC[C@H]1CCC[C@H](O[C@H]2CC[C@H](N(C)C)C(C)O2)[C@@H](C)C(=O)C2=C[C@@H]3C(C=C(n4cc(-c5cccc(C)c5)nn4)[C@@H]4C[C@@H](OC5OC(C)C(OC)C(OC)C5OC)C[C@@H]34)[C@@H]2CC(=O)O1. The van der Waals surface area contributed by atoms with Gasteiger partial charge in [-0.15, -0.1) is 5.10 Å². The van der Waals surface area contributed by atoms with Crippen molar-refractivity contribution in [1.29, 1.82) is 0 Å². The zero-order chi connectivity index (χ0) is 45.4. The molecule has 8 rings (SSSR count). The van der Waals surface area contributed by atoms with E-state index in [0.29, 0.717) is 37.3 Å². The standard InChI is InChI=1S/C50H72N4O10/c1-11-32-16-13-17-43(64-45-19-18-41(53(6)7)29(4)60-45)28(3)46(56)39-23-35-34-21-33(63-50-49(59-10)48(58-9)47(57-8)30(5)61-50)22-38(34)42(24-36(35)37(39)25-44(55)62-32)54-26-40(51-52-54)31-15-12-14-27(2)20-31/h12,14-15,20,23-24,26,28-30,32-38,41,43,45,47-50H,11,13,16-19,21-22,25H2,1-10H3/t28-,29?,30?,32+,33+,34+,35+,36?,37+,38-,41+,43+,45+,47?,48?,49?,50?/m1/s1. The minimum Gasteiger partial charge on any atom is -0.462 e. The van der Waals surface area contributed by atoms with Gasteiger partial charge in [-0.3, -0.25) is 9.59 Å². The maximum absolute atomic E-state index is 15.2. The molecule has 0 radical (unpaired) electrons. The van der Waals surface area contributed by atoms with E-state index in [2.05, 4.69) is 69.1 Å². The van der Waals surface area contributed by atoms with Crippen LogP contribution in [-0.2, 0) is 47.5 Å². The number of aromatic nitrogens is 3. The van der Waals surface area contributed by atoms with Gasteiger partial charge in [-0.1, -0.05) is 55.0 Å². The number of rotatable bonds is 11. The Kier molecular flexibility index (Phi) is 14.9. The predicted octanol–water partition coefficient (Wildman–Crippen LogP) is 7.04. The fourth-order valence-electron chi connectivity index (χ4n) is 12.1. The van der Waals surface area contributed by atoms with Crippen LogP contribution >= 0.6 is 0 Å². The molecule has 64 heavy (non-hydrogen) atoms. The molecule has 14 heteroatoms. The van der Waals surface area contributed by atoms with E-state index in [1.54, 1.807) is 21.3 Å². The zero-order valence-corrected chi connectivity index (χ0v) is 39.6. The monoisotopic (exact) mass is 889 g/mol. The number of benzene rings is 1. The van der Waals surface area contributed by atoms with Crippen molar-refractivity contribution >= 4 is 17.4 Å². The average Bonchev–Trinajstić information content (AvgIpc) is 4.02. The van der Waals surface area contributed by atoms with Crippen molar-refractivity contribution in [2.75, 3.05) is 35.4 Å². The first kappa shape index (κ1) is 47.2. The Bertz CT molecular complexity index is 2000. The molecule has 0 amide bonds. The van der Waals surface area contributed by atoms with Gasteiger partial charge in [-0.05, 0) is 116 Å². The number of aryl methyl sites for hydroxylation is 1. The van der Waals surface area contributed by atoms with E-state index in [4.69, 9.17) is 43.1 Å². The molecule has 0 bridgehead atoms. The molecule has 0 spiro atoms. The lowest BCUT2D eigenvalue weighted by molar-refractivity contribution is -0.314. The quantitative estimate of drug-likeness (QED) is 0.213. The molecular weight excluding hydrogens is 817 g/mol. The molecule has 1 aromatic heterocycles. The van der Waals surface area contributed by atoms with Gasteiger partial charge >= 0.3 is 5.97 Å². The second kappa shape index (κ2) is 20.3. The molecule has 2 aromatic rings. The summed E-state index contributed by atoms with van der Waals surface area (Å²) in [6.45, 7) is 10.2. The molecule has 3 aliphatic carbocycles. The maximum Gasteiger partial charge on any atom is 0.306 e. The number of nitrogens with zero attached hydrogens (tertiary/aromatic N) is 4. The number of fused-ring (bicyclic) bond motifs is 5. The van der Waals surface area contributed by atoms with Crippen LogP contribution in [0.4, 0.5) is 0 Å². The van der Waals surface area contributed by atoms with E-state index < -0.39 is 30.7 Å². The molecule has 3 aliphatic heterocycles. The highest BCUT2D eigenvalue weighted by atomic mass is 16.7. The second-order valence-corrected chi connectivity index (χ2v) is 19.6. The summed E-state index contributed by atoms with van der Waals surface area (Å²) in [6, 6.07) is 8.56. The molecule has 352 valence electrons. The highest BCUT2D eigenvalue weighted by Crippen LogP contribution is 2.57. The van der Waals surface area contributed by atoms with Gasteiger partial charge in [0, 0.05) is 56.4 Å². The van der Waals surface area contributed by atoms with E-state index in [-0.39, 0.29) is 84.4 Å². The van der Waals surface area contributed by atoms with E-state index in [9.17, 15) is 4.79 Å². The fraction of sp³-hybridized carbons (Fsp3) is 0.720. The van der Waals surface area contributed by atoms with Crippen molar-refractivity contribution < 1.29 is 47.5 Å². The van der Waals surface area contributed by atoms with E-state index >= 15 is 4.79 Å². The number of cyclic esters (lactones) is 1. The molecular formula is C50H72N4O10. The summed E-state index contributed by atoms with van der Waals surface area (Å²) in [5, 5.41) is 9.41. The largest absolute Gasteiger partial charge is 0.462 e. The Morgan fingerprint density at radius 3 is 2.34 bits per heavy atom. The lowest BCUT2D eigenvalue weighted by Crippen LogP contribution is -2.59. The van der Waals surface area contributed by atoms with Gasteiger partial charge in [0.25, 0.3) is 0 Å². The van der Waals surface area contributed by atoms with Gasteiger partial charge in [-0.25, -0.2) is 4.68 Å². The molecule has 4 fully saturated rings. The number of esters is 1. The Balaban J connectivity index is 1.13. The number of carbonyl (C=O) groups excluding carboxylic acids is 2. The fourth-order valence-corrected chi connectivity index (χ4v) is 12.1. The number of Topliss-reactive ketones (excluding diaryl/α,β-unsaturated/α-hetero) is 1. The minimum absolute atomic E-state index is 0.00287. The van der Waals surface area contributed by atoms with Gasteiger partial charge in [0.05, 0.1) is 37.0 Å². The van der Waals surface area contributed by atoms with Crippen LogP contribution in [0.2, 0.25) is 0 Å². The molecule has 0 N–H and O–H groups in total. The summed E-state index contributed by atoms with van der Waals surface area (Å²) in [7, 11) is 9.13. The number of carbonyl (C=O) groups is 2. The number of ketones is 1. The van der Waals surface area contributed by atoms with Crippen LogP contribution in [0.25, 0.3) is 17.0 Å². The summed E-state index contributed by atoms with van der Waals surface area (Å²) in [5.41, 5.74) is 4.60. The molecule has 14 nitrogen and oxygen atoms in total. The van der Waals surface area contributed by atoms with Gasteiger partial charge in [0.15, 0.2) is 18.4 Å². The molecule has 17 atom stereocenters. The summed E-state index contributed by atoms with van der Waals surface area (Å²) < 4.78 is 52.5. The predicted molar refractivity (Wildman–Crippen MR) is 240 cm³/mol. The third-order valence-corrected chi connectivity index (χ3v) is 15.4. The molecule has 6 aliphatic rings. The van der Waals surface area contributed by atoms with Gasteiger partial charge in [0.2, 0.25) is 0 Å². The highest BCUT2D eigenvalue weighted by Gasteiger charge is 2.55. The van der Waals surface area contributed by atoms with E-state index in [0.717, 1.165) is 48.2 Å². The number of allylic oxidation sites excluding steroid dienone is 4. The van der Waals surface area contributed by atoms with E-state index in [1.807, 2.05) is 36.9 Å². The van der Waals surface area contributed by atoms with Gasteiger partial charge in [0.1, 0.15) is 30.1 Å². The summed E-state index contributed by atoms with van der Waals surface area (Å²) in [4.78, 5) is 31.4. The van der Waals surface area contributed by atoms with Crippen molar-refractivity contribution in [2.24, 2.45) is 35.5 Å². The Labute approximate surface area is 379 Å². The summed E-state index contributed by atoms with van der Waals surface area (Å²) >= 11 is 0. The first-order chi connectivity index (χ1) is 30.8. The van der Waals surface area contributed by atoms with E-state index in [1.165, 1.54) is 0 Å². The van der Waals surface area contributed by atoms with Crippen molar-refractivity contribution in [3.8, 4) is 11.3 Å². The Morgan fingerprint density at radius 2 is 1.64 bits per heavy atom. The van der Waals surface area contributed by atoms with Crippen LogP contribution in [0, 0.1) is 42.4 Å². The Morgan fingerprint density at radius 1 is 0.859 bits per heavy atom. The lowest BCUT2D eigenvalue weighted by atomic mass is 9.69. The summed E-state index contributed by atoms with van der Waals surface area (Å²) in [5.74, 6) is -1.17. The number of ether oxygens (including phenoxy) is 8. The van der Waals surface area contributed by atoms with Crippen molar-refractivity contribution in [3.05, 3.63) is 53.8 Å². The third-order valence-electron chi connectivity index (χ3n) is 15.4. The maximum atomic E-state index is 15.2. The molecule has 1 saturated carbocycles. The first-order valence-corrected chi connectivity index (χ1v) is 23.9. The summed E-state index contributed by atoms with van der Waals surface area (Å²) in [6.07, 6.45) is 9.20. The van der Waals surface area contributed by atoms with Crippen LogP contribution in [0.5, 0.6) is 0 Å². The molecule has 7 unspecified atom stereocenters. The van der Waals surface area contributed by atoms with Crippen LogP contribution in [-0.4, -0.2) is 135 Å². The number of likely N-dealkylation sites (N-methyl/N-ethyl adjacent to an activating group) is 1. The number of hydrogen-bond donors (Lipinski definition) is 0. The first-order valence-electron chi connectivity index (χ1n) is 23.9. The van der Waals surface area contributed by atoms with Crippen molar-refractivity contribution in [2.45, 2.75) is 160 Å². The smallest absolute Gasteiger partial charge is 0.306 e. The molecule has 1 aromatic carbocycles. The Hall–Kier alpha value is -3.34.